The second-order valence-electron chi connectivity index (χ2n) is 5.91. The predicted molar refractivity (Wildman–Crippen MR) is 110 cm³/mol. The van der Waals surface area contributed by atoms with Crippen LogP contribution in [-0.4, -0.2) is 44.6 Å². The zero-order valence-electron chi connectivity index (χ0n) is 13.8. The molecule has 1 aromatic rings. The molecule has 0 bridgehead atoms. The normalized spacial score (nSPS) is 16.0. The number of nitrogens with zero attached hydrogens (tertiary/aromatic N) is 2. The third kappa shape index (κ3) is 6.64. The number of hydrogen-bond donors (Lipinski definition) is 2. The van der Waals surface area contributed by atoms with Crippen molar-refractivity contribution in [3.63, 3.8) is 0 Å². The van der Waals surface area contributed by atoms with E-state index in [2.05, 4.69) is 34.6 Å². The standard InChI is InChI=1S/C16H24Cl2N4.HI/c1-19-16(21-10-15(22(2)3)11-4-5-11)20-9-12-6-7-13(17)8-14(12)18;/h6-8,11,15H,4-5,9-10H2,1-3H3,(H2,19,20,21);1H. The van der Waals surface area contributed by atoms with Crippen molar-refractivity contribution in [3.8, 4) is 0 Å². The highest BCUT2D eigenvalue weighted by Crippen LogP contribution is 2.34. The van der Waals surface area contributed by atoms with Crippen LogP contribution in [0.3, 0.4) is 0 Å². The maximum absolute atomic E-state index is 6.18. The van der Waals surface area contributed by atoms with E-state index in [1.165, 1.54) is 12.8 Å². The number of benzene rings is 1. The van der Waals surface area contributed by atoms with Crippen LogP contribution in [0.25, 0.3) is 0 Å². The Morgan fingerprint density at radius 2 is 2.00 bits per heavy atom. The highest BCUT2D eigenvalue weighted by Gasteiger charge is 2.32. The van der Waals surface area contributed by atoms with Gasteiger partial charge in [-0.2, -0.15) is 0 Å². The Morgan fingerprint density at radius 3 is 2.52 bits per heavy atom. The molecule has 0 spiro atoms. The Labute approximate surface area is 166 Å². The Morgan fingerprint density at radius 1 is 1.30 bits per heavy atom. The van der Waals surface area contributed by atoms with E-state index in [4.69, 9.17) is 23.2 Å². The molecule has 0 radical (unpaired) electrons. The van der Waals surface area contributed by atoms with E-state index in [0.29, 0.717) is 22.6 Å². The fourth-order valence-electron chi connectivity index (χ4n) is 2.52. The van der Waals surface area contributed by atoms with Gasteiger partial charge in [0.2, 0.25) is 0 Å². The smallest absolute Gasteiger partial charge is 0.191 e. The van der Waals surface area contributed by atoms with Gasteiger partial charge in [-0.25, -0.2) is 0 Å². The van der Waals surface area contributed by atoms with Crippen molar-refractivity contribution in [1.82, 2.24) is 15.5 Å². The molecule has 1 saturated carbocycles. The van der Waals surface area contributed by atoms with E-state index in [1.54, 1.807) is 13.1 Å². The fourth-order valence-corrected chi connectivity index (χ4v) is 2.99. The molecule has 1 unspecified atom stereocenters. The molecule has 1 aliphatic carbocycles. The minimum Gasteiger partial charge on any atom is -0.355 e. The van der Waals surface area contributed by atoms with E-state index < -0.39 is 0 Å². The molecule has 4 nitrogen and oxygen atoms in total. The molecule has 1 aliphatic rings. The number of likely N-dealkylation sites (N-methyl/N-ethyl adjacent to an activating group) is 1. The van der Waals surface area contributed by atoms with Gasteiger partial charge < -0.3 is 15.5 Å². The lowest BCUT2D eigenvalue weighted by atomic mass is 10.1. The van der Waals surface area contributed by atoms with E-state index in [-0.39, 0.29) is 24.0 Å². The van der Waals surface area contributed by atoms with Crippen LogP contribution in [0.4, 0.5) is 0 Å². The lowest BCUT2D eigenvalue weighted by molar-refractivity contribution is 0.264. The van der Waals surface area contributed by atoms with Crippen molar-refractivity contribution < 1.29 is 0 Å². The van der Waals surface area contributed by atoms with Crippen LogP contribution in [0.5, 0.6) is 0 Å². The number of aliphatic imine (C=N–C) groups is 1. The number of hydrogen-bond acceptors (Lipinski definition) is 2. The lowest BCUT2D eigenvalue weighted by Crippen LogP contribution is -2.45. The molecule has 0 aliphatic heterocycles. The molecule has 130 valence electrons. The minimum atomic E-state index is 0. The Hall–Kier alpha value is -0.240. The van der Waals surface area contributed by atoms with E-state index in [0.717, 1.165) is 24.0 Å². The van der Waals surface area contributed by atoms with Gasteiger partial charge in [0.15, 0.2) is 5.96 Å². The monoisotopic (exact) mass is 470 g/mol. The molecule has 0 saturated heterocycles. The van der Waals surface area contributed by atoms with Crippen molar-refractivity contribution in [1.29, 1.82) is 0 Å². The highest BCUT2D eigenvalue weighted by molar-refractivity contribution is 14.0. The molecule has 1 atom stereocenters. The van der Waals surface area contributed by atoms with E-state index in [1.807, 2.05) is 12.1 Å². The van der Waals surface area contributed by atoms with Gasteiger partial charge in [0, 0.05) is 36.2 Å². The van der Waals surface area contributed by atoms with Crippen LogP contribution < -0.4 is 10.6 Å². The molecule has 2 N–H and O–H groups in total. The molecular formula is C16H25Cl2IN4. The zero-order valence-corrected chi connectivity index (χ0v) is 17.6. The van der Waals surface area contributed by atoms with Crippen LogP contribution >= 0.6 is 47.2 Å². The fraction of sp³-hybridized carbons (Fsp3) is 0.562. The molecule has 0 heterocycles. The van der Waals surface area contributed by atoms with Crippen LogP contribution in [0.1, 0.15) is 18.4 Å². The summed E-state index contributed by atoms with van der Waals surface area (Å²) in [5, 5.41) is 8.01. The molecule has 1 fully saturated rings. The summed E-state index contributed by atoms with van der Waals surface area (Å²) in [6.07, 6.45) is 2.66. The van der Waals surface area contributed by atoms with Crippen molar-refractivity contribution in [3.05, 3.63) is 33.8 Å². The maximum atomic E-state index is 6.18. The molecule has 0 aromatic heterocycles. The molecule has 1 aromatic carbocycles. The number of guanidine groups is 1. The van der Waals surface area contributed by atoms with Gasteiger partial charge in [-0.05, 0) is 50.6 Å². The quantitative estimate of drug-likeness (QED) is 0.379. The summed E-state index contributed by atoms with van der Waals surface area (Å²) in [7, 11) is 6.04. The lowest BCUT2D eigenvalue weighted by Gasteiger charge is -2.25. The highest BCUT2D eigenvalue weighted by atomic mass is 127. The Balaban J connectivity index is 0.00000264. The molecular weight excluding hydrogens is 446 g/mol. The molecule has 2 rings (SSSR count). The number of nitrogens with one attached hydrogen (secondary N) is 2. The van der Waals surface area contributed by atoms with Crippen molar-refractivity contribution in [2.75, 3.05) is 27.7 Å². The summed E-state index contributed by atoms with van der Waals surface area (Å²) in [6.45, 7) is 1.51. The summed E-state index contributed by atoms with van der Waals surface area (Å²) in [5.74, 6) is 1.60. The van der Waals surface area contributed by atoms with Gasteiger partial charge in [0.25, 0.3) is 0 Å². The zero-order chi connectivity index (χ0) is 16.1. The van der Waals surface area contributed by atoms with Crippen LogP contribution in [0, 0.1) is 5.92 Å². The molecule has 7 heteroatoms. The summed E-state index contributed by atoms with van der Waals surface area (Å²) >= 11 is 12.1. The van der Waals surface area contributed by atoms with Crippen molar-refractivity contribution in [2.45, 2.75) is 25.4 Å². The largest absolute Gasteiger partial charge is 0.355 e. The minimum absolute atomic E-state index is 0. The van der Waals surface area contributed by atoms with Gasteiger partial charge in [-0.3, -0.25) is 4.99 Å². The topological polar surface area (TPSA) is 39.7 Å². The van der Waals surface area contributed by atoms with Crippen molar-refractivity contribution >= 4 is 53.1 Å². The predicted octanol–water partition coefficient (Wildman–Crippen LogP) is 3.62. The maximum Gasteiger partial charge on any atom is 0.191 e. The van der Waals surface area contributed by atoms with Crippen LogP contribution in [0.2, 0.25) is 10.0 Å². The van der Waals surface area contributed by atoms with Crippen molar-refractivity contribution in [2.24, 2.45) is 10.9 Å². The first-order chi connectivity index (χ1) is 10.5. The molecule has 23 heavy (non-hydrogen) atoms. The second-order valence-corrected chi connectivity index (χ2v) is 6.75. The average molecular weight is 471 g/mol. The van der Waals surface area contributed by atoms with Gasteiger partial charge in [-0.15, -0.1) is 24.0 Å². The third-order valence-corrected chi connectivity index (χ3v) is 4.58. The Kier molecular flexibility index (Phi) is 8.97. The summed E-state index contributed by atoms with van der Waals surface area (Å²) in [4.78, 5) is 6.55. The summed E-state index contributed by atoms with van der Waals surface area (Å²) in [5.41, 5.74) is 1.00. The Bertz CT molecular complexity index is 531. The first-order valence-corrected chi connectivity index (χ1v) is 8.31. The number of rotatable bonds is 6. The van der Waals surface area contributed by atoms with Crippen LogP contribution in [0.15, 0.2) is 23.2 Å². The summed E-state index contributed by atoms with van der Waals surface area (Å²) < 4.78 is 0. The number of halogens is 3. The van der Waals surface area contributed by atoms with Gasteiger partial charge in [0.05, 0.1) is 0 Å². The average Bonchev–Trinajstić information content (AvgIpc) is 3.28. The van der Waals surface area contributed by atoms with Gasteiger partial charge >= 0.3 is 0 Å². The van der Waals surface area contributed by atoms with E-state index >= 15 is 0 Å². The van der Waals surface area contributed by atoms with Gasteiger partial charge in [-0.1, -0.05) is 29.3 Å². The van der Waals surface area contributed by atoms with Gasteiger partial charge in [0.1, 0.15) is 0 Å². The summed E-state index contributed by atoms with van der Waals surface area (Å²) in [6, 6.07) is 6.08. The van der Waals surface area contributed by atoms with E-state index in [9.17, 15) is 0 Å². The second kappa shape index (κ2) is 9.91. The molecule has 0 amide bonds. The first-order valence-electron chi connectivity index (χ1n) is 7.56. The first kappa shape index (κ1) is 20.8. The SMILES string of the molecule is CN=C(NCc1ccc(Cl)cc1Cl)NCC(C1CC1)N(C)C.I. The van der Waals surface area contributed by atoms with Crippen LogP contribution in [-0.2, 0) is 6.54 Å². The third-order valence-electron chi connectivity index (χ3n) is 3.99.